The van der Waals surface area contributed by atoms with Gasteiger partial charge in [0.25, 0.3) is 0 Å². The van der Waals surface area contributed by atoms with Crippen LogP contribution in [-0.2, 0) is 16.1 Å². The highest BCUT2D eigenvalue weighted by molar-refractivity contribution is 6.39. The van der Waals surface area contributed by atoms with Crippen LogP contribution in [0.4, 0.5) is 10.1 Å². The minimum atomic E-state index is -0.936. The van der Waals surface area contributed by atoms with Crippen molar-refractivity contribution < 1.29 is 23.5 Å². The molecule has 2 aromatic rings. The Balaban J connectivity index is 1.96. The molecule has 7 heteroatoms. The number of amides is 2. The van der Waals surface area contributed by atoms with Crippen LogP contribution in [0.5, 0.6) is 11.5 Å². The maximum Gasteiger partial charge on any atom is 0.313 e. The monoisotopic (exact) mass is 374 g/mol. The lowest BCUT2D eigenvalue weighted by molar-refractivity contribution is -0.136. The zero-order valence-corrected chi connectivity index (χ0v) is 15.6. The predicted octanol–water partition coefficient (Wildman–Crippen LogP) is 3.19. The van der Waals surface area contributed by atoms with Crippen LogP contribution in [0.25, 0.3) is 0 Å². The number of rotatable bonds is 7. The summed E-state index contributed by atoms with van der Waals surface area (Å²) in [6, 6.07) is 9.51. The van der Waals surface area contributed by atoms with Gasteiger partial charge in [-0.2, -0.15) is 0 Å². The standard InChI is InChI=1S/C20H23FN2O4/c1-4-9-27-17-8-6-14(11-18(17)26-3)12-22-19(24)20(25)23-16-10-13(2)5-7-15(16)21/h5-8,10-11H,4,9,12H2,1-3H3,(H,22,24)(H,23,25). The number of methoxy groups -OCH3 is 1. The summed E-state index contributed by atoms with van der Waals surface area (Å²) in [4.78, 5) is 23.9. The number of ether oxygens (including phenoxy) is 2. The van der Waals surface area contributed by atoms with Crippen molar-refractivity contribution in [3.8, 4) is 11.5 Å². The quantitative estimate of drug-likeness (QED) is 0.730. The van der Waals surface area contributed by atoms with Crippen LogP contribution in [0.1, 0.15) is 24.5 Å². The average Bonchev–Trinajstić information content (AvgIpc) is 2.67. The molecule has 0 aliphatic heterocycles. The van der Waals surface area contributed by atoms with Gasteiger partial charge in [-0.1, -0.05) is 19.1 Å². The van der Waals surface area contributed by atoms with Crippen molar-refractivity contribution in [1.82, 2.24) is 5.32 Å². The second-order valence-electron chi connectivity index (χ2n) is 5.95. The van der Waals surface area contributed by atoms with E-state index in [-0.39, 0.29) is 12.2 Å². The molecule has 2 rings (SSSR count). The lowest BCUT2D eigenvalue weighted by Gasteiger charge is -2.12. The summed E-state index contributed by atoms with van der Waals surface area (Å²) in [5.74, 6) is -1.24. The first-order valence-corrected chi connectivity index (χ1v) is 8.59. The fourth-order valence-electron chi connectivity index (χ4n) is 2.33. The number of aryl methyl sites for hydroxylation is 1. The highest BCUT2D eigenvalue weighted by Crippen LogP contribution is 2.28. The molecule has 2 amide bonds. The van der Waals surface area contributed by atoms with E-state index in [1.54, 1.807) is 31.2 Å². The molecule has 0 saturated heterocycles. The predicted molar refractivity (Wildman–Crippen MR) is 100 cm³/mol. The first kappa shape index (κ1) is 20.2. The van der Waals surface area contributed by atoms with Gasteiger partial charge >= 0.3 is 11.8 Å². The molecule has 0 heterocycles. The summed E-state index contributed by atoms with van der Waals surface area (Å²) in [6.45, 7) is 4.45. The molecule has 2 aromatic carbocycles. The molecule has 0 aromatic heterocycles. The van der Waals surface area contributed by atoms with Crippen molar-refractivity contribution >= 4 is 17.5 Å². The van der Waals surface area contributed by atoms with Crippen molar-refractivity contribution in [3.63, 3.8) is 0 Å². The van der Waals surface area contributed by atoms with Crippen LogP contribution in [0.15, 0.2) is 36.4 Å². The van der Waals surface area contributed by atoms with Gasteiger partial charge in [-0.25, -0.2) is 4.39 Å². The minimum absolute atomic E-state index is 0.0331. The lowest BCUT2D eigenvalue weighted by Crippen LogP contribution is -2.35. The number of carbonyl (C=O) groups is 2. The van der Waals surface area contributed by atoms with Gasteiger partial charge < -0.3 is 20.1 Å². The zero-order valence-electron chi connectivity index (χ0n) is 15.6. The number of benzene rings is 2. The Morgan fingerprint density at radius 2 is 1.85 bits per heavy atom. The summed E-state index contributed by atoms with van der Waals surface area (Å²) in [5, 5.41) is 4.77. The third kappa shape index (κ3) is 5.70. The lowest BCUT2D eigenvalue weighted by atomic mass is 10.2. The summed E-state index contributed by atoms with van der Waals surface area (Å²) in [7, 11) is 1.53. The summed E-state index contributed by atoms with van der Waals surface area (Å²) in [6.07, 6.45) is 0.873. The highest BCUT2D eigenvalue weighted by Gasteiger charge is 2.16. The van der Waals surface area contributed by atoms with E-state index < -0.39 is 17.6 Å². The Kier molecular flexibility index (Phi) is 7.16. The fourth-order valence-corrected chi connectivity index (χ4v) is 2.33. The van der Waals surface area contributed by atoms with Crippen LogP contribution in [0, 0.1) is 12.7 Å². The van der Waals surface area contributed by atoms with E-state index in [2.05, 4.69) is 10.6 Å². The van der Waals surface area contributed by atoms with E-state index in [4.69, 9.17) is 9.47 Å². The van der Waals surface area contributed by atoms with Gasteiger partial charge in [0.15, 0.2) is 11.5 Å². The van der Waals surface area contributed by atoms with Crippen molar-refractivity contribution in [1.29, 1.82) is 0 Å². The van der Waals surface area contributed by atoms with Crippen molar-refractivity contribution in [2.24, 2.45) is 0 Å². The van der Waals surface area contributed by atoms with E-state index in [1.807, 2.05) is 6.92 Å². The van der Waals surface area contributed by atoms with Crippen molar-refractivity contribution in [2.45, 2.75) is 26.8 Å². The van der Waals surface area contributed by atoms with Gasteiger partial charge in [0.1, 0.15) is 5.82 Å². The van der Waals surface area contributed by atoms with Gasteiger partial charge in [-0.15, -0.1) is 0 Å². The topological polar surface area (TPSA) is 76.7 Å². The highest BCUT2D eigenvalue weighted by atomic mass is 19.1. The van der Waals surface area contributed by atoms with Gasteiger partial charge in [0.2, 0.25) is 0 Å². The fraction of sp³-hybridized carbons (Fsp3) is 0.300. The Bertz CT molecular complexity index is 824. The maximum absolute atomic E-state index is 13.7. The molecule has 0 aliphatic rings. The van der Waals surface area contributed by atoms with E-state index in [0.29, 0.717) is 18.1 Å². The molecule has 2 N–H and O–H groups in total. The van der Waals surface area contributed by atoms with Gasteiger partial charge in [-0.05, 0) is 48.7 Å². The molecule has 0 saturated carbocycles. The van der Waals surface area contributed by atoms with Crippen LogP contribution >= 0.6 is 0 Å². The molecule has 0 spiro atoms. The molecular formula is C20H23FN2O4. The van der Waals surface area contributed by atoms with Crippen LogP contribution in [-0.4, -0.2) is 25.5 Å². The summed E-state index contributed by atoms with van der Waals surface area (Å²) >= 11 is 0. The number of hydrogen-bond donors (Lipinski definition) is 2. The molecule has 0 radical (unpaired) electrons. The minimum Gasteiger partial charge on any atom is -0.493 e. The smallest absolute Gasteiger partial charge is 0.313 e. The third-order valence-corrected chi connectivity index (χ3v) is 3.72. The largest absolute Gasteiger partial charge is 0.493 e. The first-order chi connectivity index (χ1) is 12.9. The number of hydrogen-bond acceptors (Lipinski definition) is 4. The second-order valence-corrected chi connectivity index (χ2v) is 5.95. The van der Waals surface area contributed by atoms with Crippen LogP contribution in [0.2, 0.25) is 0 Å². The van der Waals surface area contributed by atoms with Crippen molar-refractivity contribution in [2.75, 3.05) is 19.0 Å². The second kappa shape index (κ2) is 9.56. The number of carbonyl (C=O) groups excluding carboxylic acids is 2. The zero-order chi connectivity index (χ0) is 19.8. The number of nitrogens with one attached hydrogen (secondary N) is 2. The SMILES string of the molecule is CCCOc1ccc(CNC(=O)C(=O)Nc2cc(C)ccc2F)cc1OC. The summed E-state index contributed by atoms with van der Waals surface area (Å²) in [5.41, 5.74) is 1.47. The molecule has 6 nitrogen and oxygen atoms in total. The van der Waals surface area contributed by atoms with E-state index >= 15 is 0 Å². The van der Waals surface area contributed by atoms with Crippen LogP contribution < -0.4 is 20.1 Å². The molecule has 0 atom stereocenters. The molecular weight excluding hydrogens is 351 g/mol. The van der Waals surface area contributed by atoms with Gasteiger partial charge in [0, 0.05) is 6.54 Å². The van der Waals surface area contributed by atoms with Crippen LogP contribution in [0.3, 0.4) is 0 Å². The van der Waals surface area contributed by atoms with E-state index in [9.17, 15) is 14.0 Å². The third-order valence-electron chi connectivity index (χ3n) is 3.72. The average molecular weight is 374 g/mol. The molecule has 27 heavy (non-hydrogen) atoms. The molecule has 0 unspecified atom stereocenters. The number of halogens is 1. The normalized spacial score (nSPS) is 10.2. The molecule has 0 fully saturated rings. The Morgan fingerprint density at radius 3 is 2.56 bits per heavy atom. The van der Waals surface area contributed by atoms with E-state index in [0.717, 1.165) is 17.5 Å². The Labute approximate surface area is 157 Å². The molecule has 0 bridgehead atoms. The molecule has 144 valence electrons. The molecule has 0 aliphatic carbocycles. The summed E-state index contributed by atoms with van der Waals surface area (Å²) < 4.78 is 24.5. The van der Waals surface area contributed by atoms with Gasteiger partial charge in [-0.3, -0.25) is 9.59 Å². The maximum atomic E-state index is 13.7. The Morgan fingerprint density at radius 1 is 1.07 bits per heavy atom. The van der Waals surface area contributed by atoms with E-state index in [1.165, 1.54) is 19.2 Å². The number of anilines is 1. The van der Waals surface area contributed by atoms with Gasteiger partial charge in [0.05, 0.1) is 19.4 Å². The Hall–Kier alpha value is -3.09. The first-order valence-electron chi connectivity index (χ1n) is 8.59. The van der Waals surface area contributed by atoms with Crippen molar-refractivity contribution in [3.05, 3.63) is 53.3 Å².